The first-order valence-electron chi connectivity index (χ1n) is 12.2. The average Bonchev–Trinajstić information content (AvgIpc) is 3.18. The highest BCUT2D eigenvalue weighted by Gasteiger charge is 2.34. The number of benzene rings is 3. The van der Waals surface area contributed by atoms with Crippen LogP contribution in [0.1, 0.15) is 56.1 Å². The Bertz CT molecular complexity index is 1510. The van der Waals surface area contributed by atoms with Crippen molar-refractivity contribution in [3.05, 3.63) is 71.0 Å². The molecule has 178 valence electrons. The molecule has 0 bridgehead atoms. The van der Waals surface area contributed by atoms with Crippen molar-refractivity contribution < 1.29 is 12.8 Å². The van der Waals surface area contributed by atoms with Crippen LogP contribution in [0.25, 0.3) is 21.7 Å². The van der Waals surface area contributed by atoms with E-state index in [0.717, 1.165) is 64.3 Å². The number of anilines is 1. The first-order valence-corrected chi connectivity index (χ1v) is 13.6. The van der Waals surface area contributed by atoms with Crippen molar-refractivity contribution in [2.75, 3.05) is 4.72 Å². The predicted octanol–water partition coefficient (Wildman–Crippen LogP) is 7.54. The van der Waals surface area contributed by atoms with Gasteiger partial charge in [0.2, 0.25) is 0 Å². The maximum absolute atomic E-state index is 13.5. The zero-order valence-electron chi connectivity index (χ0n) is 20.7. The summed E-state index contributed by atoms with van der Waals surface area (Å²) in [7, 11) is -3.75. The Labute approximate surface area is 202 Å². The lowest BCUT2D eigenvalue weighted by atomic mass is 9.69. The standard InChI is InChI=1S/C29H33NO3S/c1-6-29(4,5)20-13-14-26-23(16-20)24-17-25(21-9-7-8-10-22(21)28(24)33-26)30-34(31,32)27-15-18(2)11-12-19(27)3/h7-12,15,17,20,30H,6,13-14,16H2,1-5H3/t20-/m0/s1. The molecule has 5 heteroatoms. The second-order valence-corrected chi connectivity index (χ2v) is 12.2. The number of sulfonamides is 1. The number of aryl methyl sites for hydroxylation is 3. The highest BCUT2D eigenvalue weighted by molar-refractivity contribution is 7.92. The molecular formula is C29H33NO3S. The van der Waals surface area contributed by atoms with Gasteiger partial charge in [-0.3, -0.25) is 4.72 Å². The fourth-order valence-corrected chi connectivity index (χ4v) is 6.74. The molecular weight excluding hydrogens is 442 g/mol. The lowest BCUT2D eigenvalue weighted by molar-refractivity contribution is 0.179. The van der Waals surface area contributed by atoms with E-state index in [1.165, 1.54) is 5.56 Å². The largest absolute Gasteiger partial charge is 0.460 e. The third-order valence-corrected chi connectivity index (χ3v) is 9.45. The van der Waals surface area contributed by atoms with Gasteiger partial charge < -0.3 is 4.42 Å². The summed E-state index contributed by atoms with van der Waals surface area (Å²) < 4.78 is 36.3. The SMILES string of the molecule is CCC(C)(C)[C@H]1CCc2oc3c(cc(NS(=O)(=O)c4cc(C)ccc4C)c4ccccc43)c2C1. The van der Waals surface area contributed by atoms with Gasteiger partial charge in [0.1, 0.15) is 11.3 Å². The monoisotopic (exact) mass is 475 g/mol. The normalized spacial score (nSPS) is 16.7. The molecule has 0 saturated carbocycles. The minimum absolute atomic E-state index is 0.255. The zero-order valence-corrected chi connectivity index (χ0v) is 21.5. The smallest absolute Gasteiger partial charge is 0.262 e. The van der Waals surface area contributed by atoms with E-state index in [9.17, 15) is 8.42 Å². The molecule has 1 N–H and O–H groups in total. The average molecular weight is 476 g/mol. The molecule has 1 atom stereocenters. The van der Waals surface area contributed by atoms with E-state index >= 15 is 0 Å². The molecule has 4 aromatic rings. The fourth-order valence-electron chi connectivity index (χ4n) is 5.33. The molecule has 0 unspecified atom stereocenters. The van der Waals surface area contributed by atoms with E-state index in [1.807, 2.05) is 56.3 Å². The van der Waals surface area contributed by atoms with Crippen molar-refractivity contribution in [2.45, 2.75) is 65.2 Å². The predicted molar refractivity (Wildman–Crippen MR) is 140 cm³/mol. The van der Waals surface area contributed by atoms with Gasteiger partial charge in [-0.05, 0) is 61.3 Å². The van der Waals surface area contributed by atoms with Crippen LogP contribution in [0.5, 0.6) is 0 Å². The van der Waals surface area contributed by atoms with Crippen molar-refractivity contribution in [2.24, 2.45) is 11.3 Å². The Kier molecular flexibility index (Phi) is 5.51. The van der Waals surface area contributed by atoms with Crippen LogP contribution in [0.2, 0.25) is 0 Å². The molecule has 0 fully saturated rings. The highest BCUT2D eigenvalue weighted by Crippen LogP contribution is 2.45. The molecule has 1 aromatic heterocycles. The number of hydrogen-bond acceptors (Lipinski definition) is 3. The zero-order chi connectivity index (χ0) is 24.3. The van der Waals surface area contributed by atoms with Gasteiger partial charge in [-0.15, -0.1) is 0 Å². The van der Waals surface area contributed by atoms with Gasteiger partial charge in [-0.25, -0.2) is 8.42 Å². The Hall–Kier alpha value is -2.79. The molecule has 34 heavy (non-hydrogen) atoms. The van der Waals surface area contributed by atoms with Crippen LogP contribution in [-0.2, 0) is 22.9 Å². The van der Waals surface area contributed by atoms with E-state index in [-0.39, 0.29) is 5.41 Å². The van der Waals surface area contributed by atoms with Crippen LogP contribution >= 0.6 is 0 Å². The van der Waals surface area contributed by atoms with Crippen LogP contribution in [0.4, 0.5) is 5.69 Å². The summed E-state index contributed by atoms with van der Waals surface area (Å²) in [6.45, 7) is 10.7. The van der Waals surface area contributed by atoms with Crippen molar-refractivity contribution >= 4 is 37.5 Å². The molecule has 0 spiro atoms. The van der Waals surface area contributed by atoms with Crippen molar-refractivity contribution in [1.82, 2.24) is 0 Å². The lowest BCUT2D eigenvalue weighted by Gasteiger charge is -2.36. The van der Waals surface area contributed by atoms with Crippen molar-refractivity contribution in [3.63, 3.8) is 0 Å². The Balaban J connectivity index is 1.67. The van der Waals surface area contributed by atoms with Crippen LogP contribution in [0.15, 0.2) is 57.8 Å². The van der Waals surface area contributed by atoms with Crippen LogP contribution in [-0.4, -0.2) is 8.42 Å². The van der Waals surface area contributed by atoms with E-state index in [0.29, 0.717) is 16.5 Å². The van der Waals surface area contributed by atoms with Crippen LogP contribution in [0, 0.1) is 25.2 Å². The minimum Gasteiger partial charge on any atom is -0.460 e. The molecule has 5 rings (SSSR count). The number of nitrogens with one attached hydrogen (secondary N) is 1. The Morgan fingerprint density at radius 3 is 2.50 bits per heavy atom. The van der Waals surface area contributed by atoms with Crippen molar-refractivity contribution in [3.8, 4) is 0 Å². The number of hydrogen-bond donors (Lipinski definition) is 1. The Morgan fingerprint density at radius 2 is 1.76 bits per heavy atom. The summed E-state index contributed by atoms with van der Waals surface area (Å²) in [6.07, 6.45) is 4.14. The third-order valence-electron chi connectivity index (χ3n) is 7.95. The van der Waals surface area contributed by atoms with Crippen LogP contribution < -0.4 is 4.72 Å². The quantitative estimate of drug-likeness (QED) is 0.324. The molecule has 0 amide bonds. The summed E-state index contributed by atoms with van der Waals surface area (Å²) in [5.41, 5.74) is 4.61. The van der Waals surface area contributed by atoms with E-state index in [2.05, 4.69) is 25.5 Å². The highest BCUT2D eigenvalue weighted by atomic mass is 32.2. The fraction of sp³-hybridized carbons (Fsp3) is 0.379. The second kappa shape index (κ2) is 8.16. The van der Waals surface area contributed by atoms with E-state index < -0.39 is 10.0 Å². The molecule has 1 aliphatic carbocycles. The lowest BCUT2D eigenvalue weighted by Crippen LogP contribution is -2.28. The first kappa shape index (κ1) is 23.0. The maximum atomic E-state index is 13.5. The van der Waals surface area contributed by atoms with Gasteiger partial charge in [0.15, 0.2) is 0 Å². The molecule has 0 saturated heterocycles. The summed E-state index contributed by atoms with van der Waals surface area (Å²) in [5.74, 6) is 1.63. The molecule has 1 aliphatic rings. The van der Waals surface area contributed by atoms with Gasteiger partial charge in [0.25, 0.3) is 10.0 Å². The summed E-state index contributed by atoms with van der Waals surface area (Å²) in [4.78, 5) is 0.315. The molecule has 1 heterocycles. The van der Waals surface area contributed by atoms with Gasteiger partial charge >= 0.3 is 0 Å². The van der Waals surface area contributed by atoms with Gasteiger partial charge in [-0.2, -0.15) is 0 Å². The Morgan fingerprint density at radius 1 is 1.03 bits per heavy atom. The second-order valence-electron chi connectivity index (χ2n) is 10.5. The van der Waals surface area contributed by atoms with Crippen molar-refractivity contribution in [1.29, 1.82) is 0 Å². The first-order chi connectivity index (χ1) is 16.1. The number of fused-ring (bicyclic) bond motifs is 5. The number of rotatable bonds is 5. The summed E-state index contributed by atoms with van der Waals surface area (Å²) in [5, 5.41) is 2.82. The van der Waals surface area contributed by atoms with Gasteiger partial charge in [0.05, 0.1) is 10.6 Å². The van der Waals surface area contributed by atoms with E-state index in [4.69, 9.17) is 4.42 Å². The van der Waals surface area contributed by atoms with Gasteiger partial charge in [-0.1, -0.05) is 63.6 Å². The summed E-state index contributed by atoms with van der Waals surface area (Å²) >= 11 is 0. The maximum Gasteiger partial charge on any atom is 0.262 e. The number of furan rings is 1. The summed E-state index contributed by atoms with van der Waals surface area (Å²) in [6, 6.07) is 15.4. The minimum atomic E-state index is -3.75. The molecule has 4 nitrogen and oxygen atoms in total. The molecule has 0 aliphatic heterocycles. The molecule has 0 radical (unpaired) electrons. The van der Waals surface area contributed by atoms with Gasteiger partial charge in [0, 0.05) is 28.1 Å². The van der Waals surface area contributed by atoms with Crippen LogP contribution in [0.3, 0.4) is 0 Å². The van der Waals surface area contributed by atoms with E-state index in [1.54, 1.807) is 6.07 Å². The topological polar surface area (TPSA) is 59.3 Å². The third kappa shape index (κ3) is 3.80. The molecule has 3 aromatic carbocycles.